The lowest BCUT2D eigenvalue weighted by Gasteiger charge is -2.25. The first kappa shape index (κ1) is 15.5. The normalized spacial score (nSPS) is 14.1. The molecule has 0 saturated carbocycles. The van der Waals surface area contributed by atoms with Crippen LogP contribution in [-0.4, -0.2) is 17.7 Å². The number of anilines is 1. The molecular formula is C18H19FN2O2. The van der Waals surface area contributed by atoms with Gasteiger partial charge in [0.1, 0.15) is 5.82 Å². The van der Waals surface area contributed by atoms with E-state index in [1.807, 2.05) is 12.1 Å². The SMILES string of the molecule is O=C(NO)c1ccc(CN2CCCCc3ccccc32)c(F)c1. The summed E-state index contributed by atoms with van der Waals surface area (Å²) in [5, 5.41) is 8.62. The van der Waals surface area contributed by atoms with E-state index >= 15 is 0 Å². The summed E-state index contributed by atoms with van der Waals surface area (Å²) in [6.07, 6.45) is 3.25. The number of hydrogen-bond acceptors (Lipinski definition) is 3. The minimum Gasteiger partial charge on any atom is -0.367 e. The molecule has 3 rings (SSSR count). The van der Waals surface area contributed by atoms with Gasteiger partial charge in [0.05, 0.1) is 0 Å². The first-order chi connectivity index (χ1) is 11.2. The Morgan fingerprint density at radius 3 is 2.83 bits per heavy atom. The van der Waals surface area contributed by atoms with Gasteiger partial charge in [-0.25, -0.2) is 9.87 Å². The van der Waals surface area contributed by atoms with Gasteiger partial charge in [0.2, 0.25) is 0 Å². The maximum absolute atomic E-state index is 14.3. The van der Waals surface area contributed by atoms with E-state index in [2.05, 4.69) is 17.0 Å². The number of hydroxylamine groups is 1. The molecule has 1 amide bonds. The first-order valence-corrected chi connectivity index (χ1v) is 7.75. The van der Waals surface area contributed by atoms with Crippen molar-refractivity contribution in [3.63, 3.8) is 0 Å². The van der Waals surface area contributed by atoms with Gasteiger partial charge in [0.15, 0.2) is 0 Å². The van der Waals surface area contributed by atoms with Crippen LogP contribution in [0.1, 0.15) is 34.3 Å². The van der Waals surface area contributed by atoms with Gasteiger partial charge in [-0.05, 0) is 43.0 Å². The standard InChI is InChI=1S/C18H19FN2O2/c19-16-11-14(18(22)20-23)8-9-15(16)12-21-10-4-3-6-13-5-1-2-7-17(13)21/h1-2,5,7-9,11,23H,3-4,6,10,12H2,(H,20,22). The Hall–Kier alpha value is -2.40. The summed E-state index contributed by atoms with van der Waals surface area (Å²) in [5.41, 5.74) is 4.60. The zero-order chi connectivity index (χ0) is 16.2. The number of carbonyl (C=O) groups is 1. The number of carbonyl (C=O) groups excluding carboxylic acids is 1. The van der Waals surface area contributed by atoms with Crippen LogP contribution in [0.15, 0.2) is 42.5 Å². The Labute approximate surface area is 134 Å². The molecule has 0 saturated heterocycles. The number of aryl methyl sites for hydroxylation is 1. The number of halogens is 1. The van der Waals surface area contributed by atoms with E-state index in [0.717, 1.165) is 37.6 Å². The van der Waals surface area contributed by atoms with Gasteiger partial charge in [-0.1, -0.05) is 24.3 Å². The van der Waals surface area contributed by atoms with Crippen LogP contribution in [0.2, 0.25) is 0 Å². The van der Waals surface area contributed by atoms with Crippen molar-refractivity contribution in [3.05, 3.63) is 65.0 Å². The third-order valence-corrected chi connectivity index (χ3v) is 4.23. The Bertz CT molecular complexity index is 718. The molecule has 5 heteroatoms. The van der Waals surface area contributed by atoms with E-state index in [1.54, 1.807) is 6.07 Å². The summed E-state index contributed by atoms with van der Waals surface area (Å²) in [6, 6.07) is 12.5. The molecule has 1 heterocycles. The summed E-state index contributed by atoms with van der Waals surface area (Å²) in [5.74, 6) is -1.15. The minimum absolute atomic E-state index is 0.102. The molecule has 2 N–H and O–H groups in total. The van der Waals surface area contributed by atoms with E-state index in [9.17, 15) is 9.18 Å². The van der Waals surface area contributed by atoms with Crippen LogP contribution in [0.4, 0.5) is 10.1 Å². The highest BCUT2D eigenvalue weighted by Crippen LogP contribution is 2.28. The molecule has 0 aliphatic carbocycles. The Balaban J connectivity index is 1.86. The van der Waals surface area contributed by atoms with Crippen molar-refractivity contribution in [2.75, 3.05) is 11.4 Å². The summed E-state index contributed by atoms with van der Waals surface area (Å²) < 4.78 is 14.3. The first-order valence-electron chi connectivity index (χ1n) is 7.75. The molecule has 23 heavy (non-hydrogen) atoms. The van der Waals surface area contributed by atoms with Crippen LogP contribution >= 0.6 is 0 Å². The molecule has 0 fully saturated rings. The highest BCUT2D eigenvalue weighted by Gasteiger charge is 2.17. The molecule has 1 aliphatic heterocycles. The number of nitrogens with one attached hydrogen (secondary N) is 1. The second kappa shape index (κ2) is 6.79. The molecule has 0 unspecified atom stereocenters. The van der Waals surface area contributed by atoms with E-state index in [-0.39, 0.29) is 5.56 Å². The van der Waals surface area contributed by atoms with Crippen molar-refractivity contribution in [3.8, 4) is 0 Å². The summed E-state index contributed by atoms with van der Waals surface area (Å²) in [6.45, 7) is 1.35. The van der Waals surface area contributed by atoms with Gasteiger partial charge in [-0.3, -0.25) is 10.0 Å². The van der Waals surface area contributed by atoms with Crippen molar-refractivity contribution >= 4 is 11.6 Å². The third-order valence-electron chi connectivity index (χ3n) is 4.23. The molecule has 2 aromatic carbocycles. The van der Waals surface area contributed by atoms with Gasteiger partial charge >= 0.3 is 0 Å². The number of para-hydroxylation sites is 1. The van der Waals surface area contributed by atoms with Crippen molar-refractivity contribution < 1.29 is 14.4 Å². The molecule has 4 nitrogen and oxygen atoms in total. The number of fused-ring (bicyclic) bond motifs is 1. The minimum atomic E-state index is -0.712. The van der Waals surface area contributed by atoms with Gasteiger partial charge in [0, 0.05) is 29.9 Å². The molecule has 0 spiro atoms. The van der Waals surface area contributed by atoms with Gasteiger partial charge < -0.3 is 4.90 Å². The molecular weight excluding hydrogens is 295 g/mol. The summed E-state index contributed by atoms with van der Waals surface area (Å²) >= 11 is 0. The van der Waals surface area contributed by atoms with E-state index < -0.39 is 11.7 Å². The predicted octanol–water partition coefficient (Wildman–Crippen LogP) is 3.29. The smallest absolute Gasteiger partial charge is 0.274 e. The molecule has 0 atom stereocenters. The molecule has 120 valence electrons. The molecule has 1 aliphatic rings. The van der Waals surface area contributed by atoms with E-state index in [1.165, 1.54) is 17.1 Å². The quantitative estimate of drug-likeness (QED) is 0.675. The van der Waals surface area contributed by atoms with Crippen LogP contribution in [-0.2, 0) is 13.0 Å². The zero-order valence-electron chi connectivity index (χ0n) is 12.8. The molecule has 0 aromatic heterocycles. The lowest BCUT2D eigenvalue weighted by atomic mass is 10.1. The average Bonchev–Trinajstić information content (AvgIpc) is 2.78. The fourth-order valence-electron chi connectivity index (χ4n) is 3.02. The van der Waals surface area contributed by atoms with Gasteiger partial charge in [0.25, 0.3) is 5.91 Å². The maximum atomic E-state index is 14.3. The Morgan fingerprint density at radius 1 is 1.22 bits per heavy atom. The number of hydrogen-bond donors (Lipinski definition) is 2. The van der Waals surface area contributed by atoms with Gasteiger partial charge in [-0.2, -0.15) is 0 Å². The van der Waals surface area contributed by atoms with Crippen LogP contribution in [0, 0.1) is 5.82 Å². The number of nitrogens with zero attached hydrogens (tertiary/aromatic N) is 1. The predicted molar refractivity (Wildman–Crippen MR) is 86.1 cm³/mol. The van der Waals surface area contributed by atoms with Crippen LogP contribution < -0.4 is 10.4 Å². The largest absolute Gasteiger partial charge is 0.367 e. The topological polar surface area (TPSA) is 52.6 Å². The molecule has 2 aromatic rings. The molecule has 0 bridgehead atoms. The van der Waals surface area contributed by atoms with Crippen molar-refractivity contribution in [2.24, 2.45) is 0 Å². The third kappa shape index (κ3) is 3.35. The lowest BCUT2D eigenvalue weighted by molar-refractivity contribution is 0.0706. The Morgan fingerprint density at radius 2 is 2.04 bits per heavy atom. The number of benzene rings is 2. The van der Waals surface area contributed by atoms with Gasteiger partial charge in [-0.15, -0.1) is 0 Å². The number of rotatable bonds is 3. The maximum Gasteiger partial charge on any atom is 0.274 e. The molecule has 0 radical (unpaired) electrons. The summed E-state index contributed by atoms with van der Waals surface area (Å²) in [4.78, 5) is 13.5. The van der Waals surface area contributed by atoms with E-state index in [4.69, 9.17) is 5.21 Å². The highest BCUT2D eigenvalue weighted by molar-refractivity contribution is 5.93. The lowest BCUT2D eigenvalue weighted by Crippen LogP contribution is -2.24. The fourth-order valence-corrected chi connectivity index (χ4v) is 3.02. The zero-order valence-corrected chi connectivity index (χ0v) is 12.8. The second-order valence-corrected chi connectivity index (χ2v) is 5.75. The van der Waals surface area contributed by atoms with Crippen molar-refractivity contribution in [1.82, 2.24) is 5.48 Å². The fraction of sp³-hybridized carbons (Fsp3) is 0.278. The van der Waals surface area contributed by atoms with Crippen LogP contribution in [0.3, 0.4) is 0 Å². The summed E-state index contributed by atoms with van der Waals surface area (Å²) in [7, 11) is 0. The highest BCUT2D eigenvalue weighted by atomic mass is 19.1. The Kier molecular flexibility index (Phi) is 4.57. The monoisotopic (exact) mass is 314 g/mol. The number of amides is 1. The van der Waals surface area contributed by atoms with Crippen LogP contribution in [0.25, 0.3) is 0 Å². The van der Waals surface area contributed by atoms with E-state index in [0.29, 0.717) is 12.1 Å². The van der Waals surface area contributed by atoms with Crippen molar-refractivity contribution in [2.45, 2.75) is 25.8 Å². The van der Waals surface area contributed by atoms with Crippen LogP contribution in [0.5, 0.6) is 0 Å². The second-order valence-electron chi connectivity index (χ2n) is 5.75. The van der Waals surface area contributed by atoms with Crippen molar-refractivity contribution in [1.29, 1.82) is 0 Å². The average molecular weight is 314 g/mol.